The summed E-state index contributed by atoms with van der Waals surface area (Å²) in [6.07, 6.45) is 25.8. The van der Waals surface area contributed by atoms with Crippen LogP contribution in [0.2, 0.25) is 0 Å². The van der Waals surface area contributed by atoms with E-state index in [-0.39, 0.29) is 6.42 Å². The molecule has 3 heteroatoms. The summed E-state index contributed by atoms with van der Waals surface area (Å²) in [5.41, 5.74) is 0. The Hall–Kier alpha value is 0.210. The Labute approximate surface area is 162 Å². The molecule has 0 aromatic heterocycles. The van der Waals surface area contributed by atoms with E-state index < -0.39 is 5.25 Å². The fourth-order valence-electron chi connectivity index (χ4n) is 3.43. The van der Waals surface area contributed by atoms with Gasteiger partial charge in [0.15, 0.2) is 0 Å². The summed E-state index contributed by atoms with van der Waals surface area (Å²) in [6, 6.07) is 0. The molecule has 0 bridgehead atoms. The average Bonchev–Trinajstić information content (AvgIpc) is 2.56. The zero-order valence-electron chi connectivity index (χ0n) is 16.9. The number of unbranched alkanes of at least 4 members (excludes halogenated alkanes) is 18. The van der Waals surface area contributed by atoms with E-state index >= 15 is 0 Å². The molecule has 0 rings (SSSR count). The summed E-state index contributed by atoms with van der Waals surface area (Å²) in [7, 11) is 0. The van der Waals surface area contributed by atoms with Crippen molar-refractivity contribution in [3.05, 3.63) is 0 Å². The molecule has 0 aromatic rings. The van der Waals surface area contributed by atoms with E-state index in [2.05, 4.69) is 6.92 Å². The molecule has 0 saturated heterocycles. The first kappa shape index (κ1) is 25.2. The number of rotatable bonds is 20. The van der Waals surface area contributed by atoms with Crippen molar-refractivity contribution < 1.29 is 10.2 Å². The fraction of sp³-hybridized carbons (Fsp3) is 1.00. The molecular formula is C22H45ClO2. The molecule has 0 aromatic carbocycles. The number of halogens is 1. The van der Waals surface area contributed by atoms with E-state index in [0.717, 1.165) is 12.8 Å². The second-order valence-electron chi connectivity index (χ2n) is 7.83. The lowest BCUT2D eigenvalue weighted by atomic mass is 10.0. The van der Waals surface area contributed by atoms with Crippen LogP contribution in [0.4, 0.5) is 0 Å². The van der Waals surface area contributed by atoms with Crippen LogP contribution in [-0.4, -0.2) is 15.5 Å². The van der Waals surface area contributed by atoms with Gasteiger partial charge < -0.3 is 10.2 Å². The van der Waals surface area contributed by atoms with E-state index in [1.165, 1.54) is 109 Å². The quantitative estimate of drug-likeness (QED) is 0.130. The Kier molecular flexibility index (Phi) is 19.1. The van der Waals surface area contributed by atoms with Gasteiger partial charge in [-0.1, -0.05) is 134 Å². The summed E-state index contributed by atoms with van der Waals surface area (Å²) in [5.74, 6) is 0. The topological polar surface area (TPSA) is 40.5 Å². The van der Waals surface area contributed by atoms with Gasteiger partial charge in [0.1, 0.15) is 0 Å². The number of aliphatic hydroxyl groups is 2. The molecule has 0 heterocycles. The predicted octanol–water partition coefficient (Wildman–Crippen LogP) is 7.69. The Bertz CT molecular complexity index is 251. The van der Waals surface area contributed by atoms with Gasteiger partial charge in [-0.15, -0.1) is 0 Å². The lowest BCUT2D eigenvalue weighted by molar-refractivity contribution is -0.0906. The number of hydrogen-bond donors (Lipinski definition) is 2. The van der Waals surface area contributed by atoms with Crippen LogP contribution in [-0.2, 0) is 0 Å². The Balaban J connectivity index is 3.01. The minimum absolute atomic E-state index is 0.271. The van der Waals surface area contributed by atoms with Gasteiger partial charge in [-0.25, -0.2) is 0 Å². The molecule has 0 amide bonds. The summed E-state index contributed by atoms with van der Waals surface area (Å²) < 4.78 is 0. The van der Waals surface area contributed by atoms with Crippen LogP contribution in [0.15, 0.2) is 0 Å². The second-order valence-corrected chi connectivity index (χ2v) is 8.44. The van der Waals surface area contributed by atoms with Crippen LogP contribution in [0.3, 0.4) is 0 Å². The molecule has 0 aliphatic heterocycles. The average molecular weight is 377 g/mol. The second kappa shape index (κ2) is 19.0. The van der Waals surface area contributed by atoms with Crippen molar-refractivity contribution in [1.29, 1.82) is 0 Å². The molecule has 0 atom stereocenters. The highest BCUT2D eigenvalue weighted by atomic mass is 35.5. The third-order valence-electron chi connectivity index (χ3n) is 5.10. The summed E-state index contributed by atoms with van der Waals surface area (Å²) >= 11 is 5.33. The zero-order chi connectivity index (χ0) is 18.6. The highest BCUT2D eigenvalue weighted by Crippen LogP contribution is 2.18. The molecule has 0 radical (unpaired) electrons. The summed E-state index contributed by atoms with van der Waals surface area (Å²) in [5, 5.41) is 16.0. The van der Waals surface area contributed by atoms with Gasteiger partial charge in [-0.3, -0.25) is 0 Å². The SMILES string of the molecule is CCCCCCCCCCCCCCCCCCCCCC(O)(O)Cl. The maximum Gasteiger partial charge on any atom is 0.243 e. The van der Waals surface area contributed by atoms with Gasteiger partial charge in [0.05, 0.1) is 0 Å². The maximum atomic E-state index is 8.98. The summed E-state index contributed by atoms with van der Waals surface area (Å²) in [4.78, 5) is 0. The van der Waals surface area contributed by atoms with Gasteiger partial charge >= 0.3 is 0 Å². The van der Waals surface area contributed by atoms with E-state index in [1.807, 2.05) is 0 Å². The Morgan fingerprint density at radius 1 is 0.480 bits per heavy atom. The van der Waals surface area contributed by atoms with Crippen molar-refractivity contribution >= 4 is 11.6 Å². The van der Waals surface area contributed by atoms with Crippen molar-refractivity contribution in [3.8, 4) is 0 Å². The van der Waals surface area contributed by atoms with Crippen molar-refractivity contribution in [1.82, 2.24) is 0 Å². The van der Waals surface area contributed by atoms with Gasteiger partial charge in [0.25, 0.3) is 0 Å². The fourth-order valence-corrected chi connectivity index (χ4v) is 3.56. The first-order chi connectivity index (χ1) is 12.1. The van der Waals surface area contributed by atoms with Gasteiger partial charge in [-0.05, 0) is 6.42 Å². The van der Waals surface area contributed by atoms with E-state index in [1.54, 1.807) is 0 Å². The largest absolute Gasteiger partial charge is 0.353 e. The van der Waals surface area contributed by atoms with Gasteiger partial charge in [-0.2, -0.15) is 0 Å². The van der Waals surface area contributed by atoms with Crippen LogP contribution < -0.4 is 0 Å². The smallest absolute Gasteiger partial charge is 0.243 e. The van der Waals surface area contributed by atoms with Crippen LogP contribution in [0.1, 0.15) is 135 Å². The predicted molar refractivity (Wildman–Crippen MR) is 111 cm³/mol. The molecule has 0 unspecified atom stereocenters. The van der Waals surface area contributed by atoms with E-state index in [9.17, 15) is 0 Å². The van der Waals surface area contributed by atoms with Gasteiger partial charge in [0, 0.05) is 6.42 Å². The molecular weight excluding hydrogens is 332 g/mol. The van der Waals surface area contributed by atoms with Crippen molar-refractivity contribution in [2.45, 2.75) is 141 Å². The molecule has 0 saturated carbocycles. The van der Waals surface area contributed by atoms with Crippen LogP contribution >= 0.6 is 11.6 Å². The monoisotopic (exact) mass is 376 g/mol. The van der Waals surface area contributed by atoms with Crippen molar-refractivity contribution in [2.24, 2.45) is 0 Å². The summed E-state index contributed by atoms with van der Waals surface area (Å²) in [6.45, 7) is 2.28. The molecule has 0 spiro atoms. The molecule has 0 aliphatic carbocycles. The van der Waals surface area contributed by atoms with Crippen LogP contribution in [0.25, 0.3) is 0 Å². The lowest BCUT2D eigenvalue weighted by Crippen LogP contribution is -2.18. The molecule has 2 N–H and O–H groups in total. The third-order valence-corrected chi connectivity index (χ3v) is 5.29. The van der Waals surface area contributed by atoms with E-state index in [0.29, 0.717) is 0 Å². The Morgan fingerprint density at radius 3 is 0.960 bits per heavy atom. The highest BCUT2D eigenvalue weighted by molar-refractivity contribution is 6.21. The van der Waals surface area contributed by atoms with Crippen molar-refractivity contribution in [3.63, 3.8) is 0 Å². The maximum absolute atomic E-state index is 8.98. The van der Waals surface area contributed by atoms with E-state index in [4.69, 9.17) is 21.8 Å². The van der Waals surface area contributed by atoms with Gasteiger partial charge in [0.2, 0.25) is 5.25 Å². The number of alkyl halides is 1. The molecule has 25 heavy (non-hydrogen) atoms. The van der Waals surface area contributed by atoms with Crippen LogP contribution in [0, 0.1) is 0 Å². The molecule has 0 fully saturated rings. The normalized spacial score (nSPS) is 12.0. The number of hydrogen-bond acceptors (Lipinski definition) is 2. The first-order valence-electron chi connectivity index (χ1n) is 11.2. The minimum atomic E-state index is -1.99. The lowest BCUT2D eigenvalue weighted by Gasteiger charge is -2.11. The molecule has 2 nitrogen and oxygen atoms in total. The highest BCUT2D eigenvalue weighted by Gasteiger charge is 2.16. The van der Waals surface area contributed by atoms with Crippen molar-refractivity contribution in [2.75, 3.05) is 0 Å². The zero-order valence-corrected chi connectivity index (χ0v) is 17.7. The minimum Gasteiger partial charge on any atom is -0.353 e. The molecule has 0 aliphatic rings. The first-order valence-corrected chi connectivity index (χ1v) is 11.6. The molecule has 152 valence electrons. The third kappa shape index (κ3) is 24.2. The standard InChI is InChI=1S/C22H45ClO2/c1-2-3-4-5-6-7-8-9-10-11-12-13-14-15-16-17-18-19-20-21-22(23,24)25/h24-25H,2-21H2,1H3. The van der Waals surface area contributed by atoms with Crippen LogP contribution in [0.5, 0.6) is 0 Å². The Morgan fingerprint density at radius 2 is 0.720 bits per heavy atom.